The number of hydrogen-bond acceptors (Lipinski definition) is 9. The lowest BCUT2D eigenvalue weighted by Crippen LogP contribution is -2.47. The maximum Gasteiger partial charge on any atom is 0.393 e. The first-order valence-electron chi connectivity index (χ1n) is 15.0. The molecule has 12 nitrogen and oxygen atoms in total. The summed E-state index contributed by atoms with van der Waals surface area (Å²) in [5, 5.41) is 16.7. The zero-order chi connectivity index (χ0) is 32.2. The lowest BCUT2D eigenvalue weighted by Gasteiger charge is -2.33. The van der Waals surface area contributed by atoms with Crippen molar-refractivity contribution in [2.45, 2.75) is 82.9 Å². The van der Waals surface area contributed by atoms with Gasteiger partial charge in [0.25, 0.3) is 11.7 Å². The van der Waals surface area contributed by atoms with Gasteiger partial charge in [-0.2, -0.15) is 18.3 Å². The number of hydrogen-bond donors (Lipinski definition) is 2. The molecule has 1 saturated carbocycles. The average Bonchev–Trinajstić information content (AvgIpc) is 3.63. The van der Waals surface area contributed by atoms with Crippen molar-refractivity contribution in [2.75, 3.05) is 19.8 Å². The standard InChI is InChI=1S/C23H25F5N8O3.C5H10O/c1-11-17(35-39-34-11)20(38)32-18(12-2-4-22(24,25)5-3-12)16-10-36-21(31-16)30-9-15(33-36)7-13-6-14(23(26,27)28)8-29-19(13)37;1-2-4-6-5-3-1/h9-10,12-14,18H,2-8H2,1H3,(H,29,37)(H,32,38);1-5H2. The Kier molecular flexibility index (Phi) is 9.94. The summed E-state index contributed by atoms with van der Waals surface area (Å²) in [4.78, 5) is 33.8. The van der Waals surface area contributed by atoms with Crippen LogP contribution in [-0.2, 0) is 16.0 Å². The number of piperidine rings is 1. The second kappa shape index (κ2) is 13.7. The van der Waals surface area contributed by atoms with Crippen molar-refractivity contribution < 1.29 is 40.9 Å². The van der Waals surface area contributed by atoms with Crippen LogP contribution < -0.4 is 10.6 Å². The minimum Gasteiger partial charge on any atom is -0.381 e. The Morgan fingerprint density at radius 1 is 1.18 bits per heavy atom. The SMILES string of the molecule is C1CCOCC1.Cc1nonc1C(=O)NC(c1cn2nc(CC3CC(C(F)(F)F)CNC3=O)cnc2n1)C1CCC(F)(F)CC1. The van der Waals surface area contributed by atoms with Crippen molar-refractivity contribution in [2.24, 2.45) is 17.8 Å². The first kappa shape index (κ1) is 32.6. The van der Waals surface area contributed by atoms with Gasteiger partial charge in [-0.1, -0.05) is 5.16 Å². The topological polar surface area (TPSA) is 149 Å². The minimum absolute atomic E-state index is 0.0497. The van der Waals surface area contributed by atoms with E-state index in [0.29, 0.717) is 5.69 Å². The van der Waals surface area contributed by atoms with E-state index in [2.05, 4.69) is 40.6 Å². The van der Waals surface area contributed by atoms with E-state index in [4.69, 9.17) is 4.74 Å². The number of ether oxygens (including phenoxy) is 1. The van der Waals surface area contributed by atoms with Gasteiger partial charge in [0.1, 0.15) is 5.69 Å². The molecule has 1 aliphatic carbocycles. The van der Waals surface area contributed by atoms with Crippen LogP contribution in [0.15, 0.2) is 17.0 Å². The van der Waals surface area contributed by atoms with Crippen molar-refractivity contribution in [3.05, 3.63) is 35.2 Å². The monoisotopic (exact) mass is 642 g/mol. The summed E-state index contributed by atoms with van der Waals surface area (Å²) in [5.41, 5.74) is 0.796. The highest BCUT2D eigenvalue weighted by molar-refractivity contribution is 5.93. The van der Waals surface area contributed by atoms with Crippen molar-refractivity contribution in [3.63, 3.8) is 0 Å². The summed E-state index contributed by atoms with van der Waals surface area (Å²) in [6.45, 7) is 3.07. The Morgan fingerprint density at radius 2 is 1.91 bits per heavy atom. The number of imidazole rings is 1. The van der Waals surface area contributed by atoms with Crippen molar-refractivity contribution >= 4 is 17.6 Å². The summed E-state index contributed by atoms with van der Waals surface area (Å²) in [6, 6.07) is -0.784. The molecule has 3 unspecified atom stereocenters. The van der Waals surface area contributed by atoms with Gasteiger partial charge in [-0.25, -0.2) is 27.9 Å². The second-order valence-corrected chi connectivity index (χ2v) is 11.8. The van der Waals surface area contributed by atoms with Crippen molar-refractivity contribution in [1.29, 1.82) is 0 Å². The molecule has 0 radical (unpaired) electrons. The Labute approximate surface area is 254 Å². The maximum atomic E-state index is 13.9. The molecular formula is C28H35F5N8O4. The van der Waals surface area contributed by atoms with Crippen LogP contribution in [0, 0.1) is 24.7 Å². The predicted octanol–water partition coefficient (Wildman–Crippen LogP) is 4.16. The summed E-state index contributed by atoms with van der Waals surface area (Å²) < 4.78 is 78.2. The van der Waals surface area contributed by atoms with E-state index < -0.39 is 48.3 Å². The molecule has 0 spiro atoms. The molecule has 3 aromatic rings. The van der Waals surface area contributed by atoms with E-state index in [9.17, 15) is 31.5 Å². The Hall–Kier alpha value is -3.76. The molecule has 5 heterocycles. The second-order valence-electron chi connectivity index (χ2n) is 11.8. The van der Waals surface area contributed by atoms with Gasteiger partial charge in [0.15, 0.2) is 5.69 Å². The van der Waals surface area contributed by atoms with Gasteiger partial charge >= 0.3 is 6.18 Å². The number of rotatable bonds is 6. The number of fused-ring (bicyclic) bond motifs is 1. The molecule has 246 valence electrons. The quantitative estimate of drug-likeness (QED) is 0.378. The molecule has 3 atom stereocenters. The fourth-order valence-corrected chi connectivity index (χ4v) is 5.82. The van der Waals surface area contributed by atoms with Crippen LogP contribution in [-0.4, -0.2) is 73.6 Å². The largest absolute Gasteiger partial charge is 0.393 e. The molecule has 2 N–H and O–H groups in total. The number of nitrogens with one attached hydrogen (secondary N) is 2. The van der Waals surface area contributed by atoms with E-state index in [1.54, 1.807) is 0 Å². The van der Waals surface area contributed by atoms with Gasteiger partial charge in [-0.15, -0.1) is 0 Å². The number of nitrogens with zero attached hydrogens (tertiary/aromatic N) is 6. The molecule has 0 aromatic carbocycles. The predicted molar refractivity (Wildman–Crippen MR) is 146 cm³/mol. The minimum atomic E-state index is -4.43. The van der Waals surface area contributed by atoms with Gasteiger partial charge in [0.05, 0.1) is 35.7 Å². The van der Waals surface area contributed by atoms with Crippen LogP contribution in [0.1, 0.15) is 85.0 Å². The number of carbonyl (C=O) groups is 2. The Balaban J connectivity index is 0.000000598. The summed E-state index contributed by atoms with van der Waals surface area (Å²) in [7, 11) is 0. The third-order valence-electron chi connectivity index (χ3n) is 8.42. The molecule has 2 saturated heterocycles. The van der Waals surface area contributed by atoms with Gasteiger partial charge in [-0.05, 0) is 56.5 Å². The van der Waals surface area contributed by atoms with Crippen LogP contribution in [0.3, 0.4) is 0 Å². The highest BCUT2D eigenvalue weighted by atomic mass is 19.4. The number of carbonyl (C=O) groups excluding carboxylic acids is 2. The molecular weight excluding hydrogens is 607 g/mol. The molecule has 6 rings (SSSR count). The number of aryl methyl sites for hydroxylation is 1. The Bertz CT molecular complexity index is 1450. The average molecular weight is 643 g/mol. The third kappa shape index (κ3) is 8.29. The van der Waals surface area contributed by atoms with Crippen LogP contribution in [0.25, 0.3) is 5.78 Å². The molecule has 3 fully saturated rings. The van der Waals surface area contributed by atoms with E-state index >= 15 is 0 Å². The van der Waals surface area contributed by atoms with Crippen molar-refractivity contribution in [3.8, 4) is 0 Å². The summed E-state index contributed by atoms with van der Waals surface area (Å²) in [5.74, 6) is -6.71. The first-order chi connectivity index (χ1) is 21.4. The van der Waals surface area contributed by atoms with Crippen LogP contribution in [0.2, 0.25) is 0 Å². The van der Waals surface area contributed by atoms with Crippen LogP contribution in [0.4, 0.5) is 22.0 Å². The number of amides is 2. The van der Waals surface area contributed by atoms with E-state index in [1.165, 1.54) is 43.1 Å². The summed E-state index contributed by atoms with van der Waals surface area (Å²) >= 11 is 0. The summed E-state index contributed by atoms with van der Waals surface area (Å²) in [6.07, 6.45) is 1.47. The zero-order valence-corrected chi connectivity index (χ0v) is 24.7. The first-order valence-corrected chi connectivity index (χ1v) is 15.0. The molecule has 2 aliphatic heterocycles. The van der Waals surface area contributed by atoms with Crippen LogP contribution in [0.5, 0.6) is 0 Å². The van der Waals surface area contributed by atoms with Crippen LogP contribution >= 0.6 is 0 Å². The zero-order valence-electron chi connectivity index (χ0n) is 24.7. The van der Waals surface area contributed by atoms with Gasteiger partial charge in [-0.3, -0.25) is 9.59 Å². The van der Waals surface area contributed by atoms with Gasteiger partial charge < -0.3 is 15.4 Å². The highest BCUT2D eigenvalue weighted by Crippen LogP contribution is 2.41. The van der Waals surface area contributed by atoms with Gasteiger partial charge in [0.2, 0.25) is 11.8 Å². The number of aromatic nitrogens is 6. The molecule has 3 aromatic heterocycles. The van der Waals surface area contributed by atoms with E-state index in [1.807, 2.05) is 0 Å². The number of alkyl halides is 5. The molecule has 3 aliphatic rings. The molecule has 2 amide bonds. The van der Waals surface area contributed by atoms with E-state index in [0.717, 1.165) is 13.2 Å². The fourth-order valence-electron chi connectivity index (χ4n) is 5.82. The molecule has 17 heteroatoms. The third-order valence-corrected chi connectivity index (χ3v) is 8.42. The van der Waals surface area contributed by atoms with Crippen molar-refractivity contribution in [1.82, 2.24) is 40.5 Å². The molecule has 45 heavy (non-hydrogen) atoms. The van der Waals surface area contributed by atoms with E-state index in [-0.39, 0.29) is 67.3 Å². The maximum absolute atomic E-state index is 13.9. The fraction of sp³-hybridized carbons (Fsp3) is 0.679. The van der Waals surface area contributed by atoms with Gasteiger partial charge in [0, 0.05) is 44.9 Å². The molecule has 0 bridgehead atoms. The lowest BCUT2D eigenvalue weighted by molar-refractivity contribution is -0.183. The lowest BCUT2D eigenvalue weighted by atomic mass is 9.81. The normalized spacial score (nSPS) is 23.1. The number of halogens is 5. The smallest absolute Gasteiger partial charge is 0.381 e. The highest BCUT2D eigenvalue weighted by Gasteiger charge is 2.45. The Morgan fingerprint density at radius 3 is 2.51 bits per heavy atom.